The average Bonchev–Trinajstić information content (AvgIpc) is 3.15. The number of aromatic amines is 1. The van der Waals surface area contributed by atoms with Crippen molar-refractivity contribution in [2.24, 2.45) is 0 Å². The fraction of sp³-hybridized carbons (Fsp3) is 0.333. The number of benzene rings is 2. The van der Waals surface area contributed by atoms with E-state index < -0.39 is 0 Å². The minimum Gasteiger partial charge on any atom is -0.497 e. The molecule has 3 aromatic rings. The van der Waals surface area contributed by atoms with Crippen LogP contribution in [0.4, 0.5) is 0 Å². The number of rotatable bonds is 5. The van der Waals surface area contributed by atoms with Crippen molar-refractivity contribution in [1.29, 1.82) is 0 Å². The lowest BCUT2D eigenvalue weighted by Crippen LogP contribution is -2.26. The Labute approximate surface area is 157 Å². The van der Waals surface area contributed by atoms with Crippen LogP contribution in [0.2, 0.25) is 0 Å². The molecule has 0 unspecified atom stereocenters. The maximum absolute atomic E-state index is 12.4. The highest BCUT2D eigenvalue weighted by Gasteiger charge is 2.29. The molecule has 140 valence electrons. The van der Waals surface area contributed by atoms with Gasteiger partial charge in [-0.3, -0.25) is 9.69 Å². The Kier molecular flexibility index (Phi) is 4.81. The zero-order valence-electron chi connectivity index (χ0n) is 15.6. The maximum atomic E-state index is 12.4. The SMILES string of the molecule is COc1ccc(OC)c([C@@H]2CCCN2Cc2nc3ccccc3c(=O)[nH]2)c1. The molecule has 0 aliphatic carbocycles. The summed E-state index contributed by atoms with van der Waals surface area (Å²) in [5.74, 6) is 2.36. The van der Waals surface area contributed by atoms with Crippen molar-refractivity contribution in [3.8, 4) is 11.5 Å². The van der Waals surface area contributed by atoms with Gasteiger partial charge in [0.15, 0.2) is 0 Å². The molecule has 1 aliphatic rings. The third-order valence-electron chi connectivity index (χ3n) is 5.17. The molecule has 0 spiro atoms. The van der Waals surface area contributed by atoms with Crippen LogP contribution in [-0.4, -0.2) is 35.6 Å². The van der Waals surface area contributed by atoms with E-state index >= 15 is 0 Å². The van der Waals surface area contributed by atoms with Crippen molar-refractivity contribution in [2.45, 2.75) is 25.4 Å². The summed E-state index contributed by atoms with van der Waals surface area (Å²) in [5, 5.41) is 0.619. The van der Waals surface area contributed by atoms with Gasteiger partial charge in [-0.05, 0) is 49.7 Å². The van der Waals surface area contributed by atoms with Crippen molar-refractivity contribution in [2.75, 3.05) is 20.8 Å². The number of hydrogen-bond acceptors (Lipinski definition) is 5. The van der Waals surface area contributed by atoms with Crippen LogP contribution in [0.5, 0.6) is 11.5 Å². The number of H-pyrrole nitrogens is 1. The summed E-state index contributed by atoms with van der Waals surface area (Å²) in [4.78, 5) is 22.3. The largest absolute Gasteiger partial charge is 0.497 e. The van der Waals surface area contributed by atoms with Crippen molar-refractivity contribution in [3.63, 3.8) is 0 Å². The number of hydrogen-bond donors (Lipinski definition) is 1. The summed E-state index contributed by atoms with van der Waals surface area (Å²) in [6, 6.07) is 13.5. The highest BCUT2D eigenvalue weighted by molar-refractivity contribution is 5.77. The maximum Gasteiger partial charge on any atom is 0.258 e. The summed E-state index contributed by atoms with van der Waals surface area (Å²) in [5.41, 5.74) is 1.74. The second-order valence-electron chi connectivity index (χ2n) is 6.77. The van der Waals surface area contributed by atoms with Crippen molar-refractivity contribution >= 4 is 10.9 Å². The lowest BCUT2D eigenvalue weighted by molar-refractivity contribution is 0.236. The first-order valence-corrected chi connectivity index (χ1v) is 9.13. The van der Waals surface area contributed by atoms with E-state index in [4.69, 9.17) is 9.47 Å². The van der Waals surface area contributed by atoms with Gasteiger partial charge in [-0.25, -0.2) is 4.98 Å². The molecule has 1 atom stereocenters. The molecule has 2 heterocycles. The second kappa shape index (κ2) is 7.40. The minimum absolute atomic E-state index is 0.0923. The predicted molar refractivity (Wildman–Crippen MR) is 104 cm³/mol. The van der Waals surface area contributed by atoms with Crippen LogP contribution in [0.3, 0.4) is 0 Å². The highest BCUT2D eigenvalue weighted by atomic mass is 16.5. The molecule has 0 saturated carbocycles. The van der Waals surface area contributed by atoms with E-state index in [-0.39, 0.29) is 11.6 Å². The van der Waals surface area contributed by atoms with Gasteiger partial charge >= 0.3 is 0 Å². The van der Waals surface area contributed by atoms with E-state index in [1.165, 1.54) is 0 Å². The molecule has 2 aromatic carbocycles. The average molecular weight is 365 g/mol. The molecule has 4 rings (SSSR count). The Bertz CT molecular complexity index is 1010. The molecule has 0 amide bonds. The van der Waals surface area contributed by atoms with Crippen LogP contribution >= 0.6 is 0 Å². The lowest BCUT2D eigenvalue weighted by Gasteiger charge is -2.26. The van der Waals surface area contributed by atoms with Gasteiger partial charge in [0.1, 0.15) is 17.3 Å². The van der Waals surface area contributed by atoms with Gasteiger partial charge in [0.2, 0.25) is 0 Å². The Hall–Kier alpha value is -2.86. The number of fused-ring (bicyclic) bond motifs is 1. The normalized spacial score (nSPS) is 17.3. The van der Waals surface area contributed by atoms with E-state index in [2.05, 4.69) is 14.9 Å². The first-order valence-electron chi connectivity index (χ1n) is 9.13. The molecule has 1 N–H and O–H groups in total. The van der Waals surface area contributed by atoms with Crippen LogP contribution in [0, 0.1) is 0 Å². The van der Waals surface area contributed by atoms with E-state index in [9.17, 15) is 4.79 Å². The number of nitrogens with one attached hydrogen (secondary N) is 1. The van der Waals surface area contributed by atoms with Crippen LogP contribution in [-0.2, 0) is 6.54 Å². The fourth-order valence-electron chi connectivity index (χ4n) is 3.87. The molecule has 1 aromatic heterocycles. The second-order valence-corrected chi connectivity index (χ2v) is 6.77. The Morgan fingerprint density at radius 3 is 2.85 bits per heavy atom. The Balaban J connectivity index is 1.66. The quantitative estimate of drug-likeness (QED) is 0.752. The van der Waals surface area contributed by atoms with Crippen LogP contribution in [0.15, 0.2) is 47.3 Å². The zero-order valence-corrected chi connectivity index (χ0v) is 15.6. The lowest BCUT2D eigenvalue weighted by atomic mass is 10.0. The number of methoxy groups -OCH3 is 2. The van der Waals surface area contributed by atoms with E-state index in [1.54, 1.807) is 20.3 Å². The molecule has 1 saturated heterocycles. The van der Waals surface area contributed by atoms with Crippen LogP contribution in [0.1, 0.15) is 30.3 Å². The molecule has 0 bridgehead atoms. The summed E-state index contributed by atoms with van der Waals surface area (Å²) < 4.78 is 11.0. The molecule has 1 aliphatic heterocycles. The van der Waals surface area contributed by atoms with Gasteiger partial charge in [0.05, 0.1) is 31.7 Å². The predicted octanol–water partition coefficient (Wildman–Crippen LogP) is 3.28. The van der Waals surface area contributed by atoms with Gasteiger partial charge < -0.3 is 14.5 Å². The van der Waals surface area contributed by atoms with E-state index in [0.29, 0.717) is 17.8 Å². The topological polar surface area (TPSA) is 67.5 Å². The summed E-state index contributed by atoms with van der Waals surface area (Å²) in [6.45, 7) is 1.53. The van der Waals surface area contributed by atoms with Crippen LogP contribution in [0.25, 0.3) is 10.9 Å². The molecular weight excluding hydrogens is 342 g/mol. The molecular formula is C21H23N3O3. The third-order valence-corrected chi connectivity index (χ3v) is 5.17. The number of nitrogens with zero attached hydrogens (tertiary/aromatic N) is 2. The smallest absolute Gasteiger partial charge is 0.258 e. The van der Waals surface area contributed by atoms with E-state index in [0.717, 1.165) is 42.0 Å². The minimum atomic E-state index is -0.0923. The summed E-state index contributed by atoms with van der Waals surface area (Å²) >= 11 is 0. The van der Waals surface area contributed by atoms with E-state index in [1.807, 2.05) is 36.4 Å². The standard InChI is InChI=1S/C21H23N3O3/c1-26-14-9-10-19(27-2)16(12-14)18-8-5-11-24(18)13-20-22-17-7-4-3-6-15(17)21(25)23-20/h3-4,6-7,9-10,12,18H,5,8,11,13H2,1-2H3,(H,22,23,25)/t18-/m0/s1. The number of likely N-dealkylation sites (tertiary alicyclic amines) is 1. The molecule has 6 nitrogen and oxygen atoms in total. The number of ether oxygens (including phenoxy) is 2. The van der Waals surface area contributed by atoms with Crippen molar-refractivity contribution in [1.82, 2.24) is 14.9 Å². The number of para-hydroxylation sites is 1. The number of aromatic nitrogens is 2. The monoisotopic (exact) mass is 365 g/mol. The molecule has 1 fully saturated rings. The third kappa shape index (κ3) is 3.40. The van der Waals surface area contributed by atoms with Crippen molar-refractivity contribution < 1.29 is 9.47 Å². The Morgan fingerprint density at radius 1 is 1.19 bits per heavy atom. The molecule has 27 heavy (non-hydrogen) atoms. The van der Waals surface area contributed by atoms with Gasteiger partial charge in [0, 0.05) is 11.6 Å². The van der Waals surface area contributed by atoms with Gasteiger partial charge in [-0.1, -0.05) is 12.1 Å². The highest BCUT2D eigenvalue weighted by Crippen LogP contribution is 2.39. The summed E-state index contributed by atoms with van der Waals surface area (Å²) in [6.07, 6.45) is 2.12. The summed E-state index contributed by atoms with van der Waals surface area (Å²) in [7, 11) is 3.36. The van der Waals surface area contributed by atoms with Gasteiger partial charge in [-0.2, -0.15) is 0 Å². The Morgan fingerprint density at radius 2 is 2.04 bits per heavy atom. The molecule has 0 radical (unpaired) electrons. The van der Waals surface area contributed by atoms with Gasteiger partial charge in [0.25, 0.3) is 5.56 Å². The van der Waals surface area contributed by atoms with Gasteiger partial charge in [-0.15, -0.1) is 0 Å². The zero-order chi connectivity index (χ0) is 18.8. The first-order chi connectivity index (χ1) is 13.2. The molecule has 6 heteroatoms. The first kappa shape index (κ1) is 17.5. The van der Waals surface area contributed by atoms with Crippen LogP contribution < -0.4 is 15.0 Å². The fourth-order valence-corrected chi connectivity index (χ4v) is 3.87. The van der Waals surface area contributed by atoms with Crippen molar-refractivity contribution in [3.05, 3.63) is 64.2 Å².